The van der Waals surface area contributed by atoms with E-state index in [4.69, 9.17) is 11.6 Å². The molecule has 26 heavy (non-hydrogen) atoms. The van der Waals surface area contributed by atoms with Crippen molar-refractivity contribution in [2.45, 2.75) is 24.7 Å². The Morgan fingerprint density at radius 2 is 1.77 bits per heavy atom. The van der Waals surface area contributed by atoms with E-state index in [0.29, 0.717) is 35.8 Å². The molecule has 1 fully saturated rings. The van der Waals surface area contributed by atoms with Gasteiger partial charge < -0.3 is 5.32 Å². The summed E-state index contributed by atoms with van der Waals surface area (Å²) in [5, 5.41) is 3.55. The number of amides is 1. The number of aryl methyl sites for hydroxylation is 1. The van der Waals surface area contributed by atoms with Crippen molar-refractivity contribution in [2.75, 3.05) is 18.4 Å². The van der Waals surface area contributed by atoms with Gasteiger partial charge in [0.15, 0.2) is 0 Å². The SMILES string of the molecule is Cc1cc(Cl)ccc1NC(=O)C1CCN(S(=O)(=O)c2ccccc2)CC1. The number of hydrogen-bond acceptors (Lipinski definition) is 3. The molecule has 1 N–H and O–H groups in total. The largest absolute Gasteiger partial charge is 0.326 e. The fourth-order valence-electron chi connectivity index (χ4n) is 3.10. The first-order chi connectivity index (χ1) is 12.4. The monoisotopic (exact) mass is 392 g/mol. The van der Waals surface area contributed by atoms with Crippen LogP contribution in [0.2, 0.25) is 5.02 Å². The summed E-state index contributed by atoms with van der Waals surface area (Å²) in [6.45, 7) is 2.57. The van der Waals surface area contributed by atoms with Crippen molar-refractivity contribution in [3.05, 3.63) is 59.1 Å². The van der Waals surface area contributed by atoms with Gasteiger partial charge in [-0.25, -0.2) is 8.42 Å². The summed E-state index contributed by atoms with van der Waals surface area (Å²) in [4.78, 5) is 12.8. The number of rotatable bonds is 4. The molecule has 0 spiro atoms. The lowest BCUT2D eigenvalue weighted by atomic mass is 9.97. The third kappa shape index (κ3) is 4.09. The maximum Gasteiger partial charge on any atom is 0.243 e. The highest BCUT2D eigenvalue weighted by Crippen LogP contribution is 2.26. The molecule has 0 radical (unpaired) electrons. The molecule has 1 saturated heterocycles. The minimum atomic E-state index is -3.49. The number of carbonyl (C=O) groups is 1. The Kier molecular flexibility index (Phi) is 5.65. The summed E-state index contributed by atoms with van der Waals surface area (Å²) < 4.78 is 26.7. The average molecular weight is 393 g/mol. The molecule has 0 bridgehead atoms. The number of benzene rings is 2. The van der Waals surface area contributed by atoms with Crippen LogP contribution >= 0.6 is 11.6 Å². The topological polar surface area (TPSA) is 66.5 Å². The Labute approximate surface area is 159 Å². The van der Waals surface area contributed by atoms with E-state index in [-0.39, 0.29) is 11.8 Å². The third-order valence-corrected chi connectivity index (χ3v) is 6.80. The molecule has 0 aromatic heterocycles. The van der Waals surface area contributed by atoms with Crippen molar-refractivity contribution in [1.82, 2.24) is 4.31 Å². The van der Waals surface area contributed by atoms with Gasteiger partial charge in [-0.3, -0.25) is 4.79 Å². The van der Waals surface area contributed by atoms with Crippen LogP contribution in [0.5, 0.6) is 0 Å². The normalized spacial score (nSPS) is 16.4. The zero-order valence-electron chi connectivity index (χ0n) is 14.5. The predicted octanol–water partition coefficient (Wildman–Crippen LogP) is 3.69. The van der Waals surface area contributed by atoms with Crippen LogP contribution in [0.25, 0.3) is 0 Å². The molecule has 0 unspecified atom stereocenters. The Balaban J connectivity index is 1.62. The summed E-state index contributed by atoms with van der Waals surface area (Å²) in [6.07, 6.45) is 1.01. The summed E-state index contributed by atoms with van der Waals surface area (Å²) in [5.41, 5.74) is 1.63. The second-order valence-corrected chi connectivity index (χ2v) is 8.81. The molecule has 1 amide bonds. The van der Waals surface area contributed by atoms with E-state index in [9.17, 15) is 13.2 Å². The molecule has 138 valence electrons. The van der Waals surface area contributed by atoms with Crippen molar-refractivity contribution in [1.29, 1.82) is 0 Å². The summed E-state index contributed by atoms with van der Waals surface area (Å²) in [6, 6.07) is 13.7. The number of halogens is 1. The Morgan fingerprint density at radius 3 is 2.38 bits per heavy atom. The lowest BCUT2D eigenvalue weighted by Gasteiger charge is -2.30. The summed E-state index contributed by atoms with van der Waals surface area (Å²) in [7, 11) is -3.49. The number of nitrogens with zero attached hydrogens (tertiary/aromatic N) is 1. The first kappa shape index (κ1) is 18.9. The molecule has 0 aliphatic carbocycles. The minimum Gasteiger partial charge on any atom is -0.326 e. The van der Waals surface area contributed by atoms with Crippen LogP contribution in [-0.4, -0.2) is 31.7 Å². The molecule has 2 aromatic carbocycles. The number of carbonyl (C=O) groups excluding carboxylic acids is 1. The minimum absolute atomic E-state index is 0.0767. The Hall–Kier alpha value is -1.89. The highest BCUT2D eigenvalue weighted by molar-refractivity contribution is 7.89. The van der Waals surface area contributed by atoms with Gasteiger partial charge in [0.1, 0.15) is 0 Å². The molecule has 1 heterocycles. The van der Waals surface area contributed by atoms with E-state index in [1.54, 1.807) is 48.5 Å². The molecular formula is C19H21ClN2O3S. The second-order valence-electron chi connectivity index (χ2n) is 6.44. The van der Waals surface area contributed by atoms with E-state index in [2.05, 4.69) is 5.32 Å². The van der Waals surface area contributed by atoms with E-state index in [1.807, 2.05) is 6.92 Å². The van der Waals surface area contributed by atoms with Gasteiger partial charge in [0.05, 0.1) is 4.90 Å². The second kappa shape index (κ2) is 7.78. The smallest absolute Gasteiger partial charge is 0.243 e. The van der Waals surface area contributed by atoms with Crippen LogP contribution in [0.15, 0.2) is 53.4 Å². The first-order valence-corrected chi connectivity index (χ1v) is 10.3. The lowest BCUT2D eigenvalue weighted by molar-refractivity contribution is -0.120. The molecule has 7 heteroatoms. The third-order valence-electron chi connectivity index (χ3n) is 4.65. The van der Waals surface area contributed by atoms with E-state index in [1.165, 1.54) is 4.31 Å². The molecule has 2 aromatic rings. The van der Waals surface area contributed by atoms with Crippen LogP contribution in [0, 0.1) is 12.8 Å². The molecule has 1 aliphatic rings. The fraction of sp³-hybridized carbons (Fsp3) is 0.316. The quantitative estimate of drug-likeness (QED) is 0.862. The van der Waals surface area contributed by atoms with Gasteiger partial charge in [-0.05, 0) is 55.7 Å². The van der Waals surface area contributed by atoms with Crippen LogP contribution in [0.1, 0.15) is 18.4 Å². The molecule has 5 nitrogen and oxygen atoms in total. The van der Waals surface area contributed by atoms with Crippen molar-refractivity contribution >= 4 is 33.2 Å². The number of piperidine rings is 1. The van der Waals surface area contributed by atoms with E-state index >= 15 is 0 Å². The Morgan fingerprint density at radius 1 is 1.12 bits per heavy atom. The molecular weight excluding hydrogens is 372 g/mol. The van der Waals surface area contributed by atoms with Gasteiger partial charge in [0, 0.05) is 29.7 Å². The molecule has 3 rings (SSSR count). The maximum atomic E-state index is 12.6. The van der Waals surface area contributed by atoms with Crippen LogP contribution in [0.3, 0.4) is 0 Å². The Bertz CT molecular complexity index is 892. The average Bonchev–Trinajstić information content (AvgIpc) is 2.65. The number of sulfonamides is 1. The van der Waals surface area contributed by atoms with E-state index in [0.717, 1.165) is 11.3 Å². The van der Waals surface area contributed by atoms with Crippen LogP contribution < -0.4 is 5.32 Å². The van der Waals surface area contributed by atoms with Crippen molar-refractivity contribution in [3.63, 3.8) is 0 Å². The highest BCUT2D eigenvalue weighted by atomic mass is 35.5. The fourth-order valence-corrected chi connectivity index (χ4v) is 4.82. The van der Waals surface area contributed by atoms with Gasteiger partial charge in [0.2, 0.25) is 15.9 Å². The van der Waals surface area contributed by atoms with Crippen LogP contribution in [-0.2, 0) is 14.8 Å². The van der Waals surface area contributed by atoms with Crippen molar-refractivity contribution in [3.8, 4) is 0 Å². The van der Waals surface area contributed by atoms with Gasteiger partial charge >= 0.3 is 0 Å². The van der Waals surface area contributed by atoms with Crippen molar-refractivity contribution < 1.29 is 13.2 Å². The molecule has 1 aliphatic heterocycles. The standard InChI is InChI=1S/C19H21ClN2O3S/c1-14-13-16(20)7-8-18(14)21-19(23)15-9-11-22(12-10-15)26(24,25)17-5-3-2-4-6-17/h2-8,13,15H,9-12H2,1H3,(H,21,23). The zero-order valence-corrected chi connectivity index (χ0v) is 16.1. The highest BCUT2D eigenvalue weighted by Gasteiger charge is 2.32. The number of anilines is 1. The first-order valence-electron chi connectivity index (χ1n) is 8.50. The number of hydrogen-bond donors (Lipinski definition) is 1. The zero-order chi connectivity index (χ0) is 18.7. The van der Waals surface area contributed by atoms with E-state index < -0.39 is 10.0 Å². The summed E-state index contributed by atoms with van der Waals surface area (Å²) >= 11 is 5.94. The van der Waals surface area contributed by atoms with Crippen molar-refractivity contribution in [2.24, 2.45) is 5.92 Å². The van der Waals surface area contributed by atoms with Crippen LogP contribution in [0.4, 0.5) is 5.69 Å². The summed E-state index contributed by atoms with van der Waals surface area (Å²) in [5.74, 6) is -0.278. The molecule has 0 saturated carbocycles. The lowest BCUT2D eigenvalue weighted by Crippen LogP contribution is -2.41. The van der Waals surface area contributed by atoms with Gasteiger partial charge in [0.25, 0.3) is 0 Å². The molecule has 0 atom stereocenters. The number of nitrogens with one attached hydrogen (secondary N) is 1. The van der Waals surface area contributed by atoms with Gasteiger partial charge in [-0.2, -0.15) is 4.31 Å². The maximum absolute atomic E-state index is 12.6. The van der Waals surface area contributed by atoms with Gasteiger partial charge in [-0.15, -0.1) is 0 Å². The predicted molar refractivity (Wildman–Crippen MR) is 103 cm³/mol. The van der Waals surface area contributed by atoms with Gasteiger partial charge in [-0.1, -0.05) is 29.8 Å².